The molecule has 0 amide bonds. The fraction of sp³-hybridized carbons (Fsp3) is 0.625. The molecule has 1 fully saturated rings. The number of nitrogens with one attached hydrogen (secondary N) is 1. The van der Waals surface area contributed by atoms with E-state index in [0.29, 0.717) is 17.6 Å². The van der Waals surface area contributed by atoms with Gasteiger partial charge >= 0.3 is 0 Å². The molecule has 0 aromatic heterocycles. The van der Waals surface area contributed by atoms with Crippen molar-refractivity contribution in [2.45, 2.75) is 50.7 Å². The molecule has 0 saturated carbocycles. The molecule has 2 nitrogen and oxygen atoms in total. The zero-order chi connectivity index (χ0) is 12.8. The molecule has 0 bridgehead atoms. The van der Waals surface area contributed by atoms with Gasteiger partial charge in [-0.15, -0.1) is 0 Å². The quantitative estimate of drug-likeness (QED) is 0.860. The predicted octanol–water partition coefficient (Wildman–Crippen LogP) is 2.75. The van der Waals surface area contributed by atoms with Crippen LogP contribution in [0.2, 0.25) is 0 Å². The van der Waals surface area contributed by atoms with Gasteiger partial charge in [-0.3, -0.25) is 4.90 Å². The summed E-state index contributed by atoms with van der Waals surface area (Å²) < 4.78 is 0. The fourth-order valence-electron chi connectivity index (χ4n) is 3.95. The van der Waals surface area contributed by atoms with Crippen molar-refractivity contribution in [2.75, 3.05) is 13.6 Å². The molecule has 1 aromatic rings. The maximum absolute atomic E-state index is 3.54. The Kier molecular flexibility index (Phi) is 2.95. The molecule has 98 valence electrons. The molecule has 0 radical (unpaired) electrons. The largest absolute Gasteiger partial charge is 0.312 e. The van der Waals surface area contributed by atoms with Crippen molar-refractivity contribution in [1.82, 2.24) is 10.2 Å². The maximum Gasteiger partial charge on any atom is 0.0481 e. The van der Waals surface area contributed by atoms with Gasteiger partial charge in [0.15, 0.2) is 0 Å². The molecule has 1 N–H and O–H groups in total. The number of hydrogen-bond donors (Lipinski definition) is 1. The highest BCUT2D eigenvalue weighted by molar-refractivity contribution is 5.37. The van der Waals surface area contributed by atoms with Gasteiger partial charge in [0, 0.05) is 17.6 Å². The second-order valence-electron chi connectivity index (χ2n) is 6.35. The van der Waals surface area contributed by atoms with Crippen molar-refractivity contribution in [2.24, 2.45) is 0 Å². The van der Waals surface area contributed by atoms with Crippen LogP contribution in [0.4, 0.5) is 0 Å². The van der Waals surface area contributed by atoms with Gasteiger partial charge in [0.05, 0.1) is 0 Å². The third kappa shape index (κ3) is 1.79. The summed E-state index contributed by atoms with van der Waals surface area (Å²) >= 11 is 0. The molecule has 18 heavy (non-hydrogen) atoms. The summed E-state index contributed by atoms with van der Waals surface area (Å²) in [5.41, 5.74) is 3.40. The summed E-state index contributed by atoms with van der Waals surface area (Å²) in [5.74, 6) is 0. The van der Waals surface area contributed by atoms with Crippen LogP contribution >= 0.6 is 0 Å². The molecule has 1 heterocycles. The normalized spacial score (nSPS) is 30.6. The van der Waals surface area contributed by atoms with Crippen LogP contribution in [-0.4, -0.2) is 30.1 Å². The Morgan fingerprint density at radius 2 is 2.06 bits per heavy atom. The lowest BCUT2D eigenvalue weighted by atomic mass is 9.98. The molecule has 2 atom stereocenters. The average Bonchev–Trinajstić information content (AvgIpc) is 2.87. The Balaban J connectivity index is 1.92. The first-order chi connectivity index (χ1) is 8.63. The second-order valence-corrected chi connectivity index (χ2v) is 6.35. The Bertz CT molecular complexity index is 438. The highest BCUT2D eigenvalue weighted by atomic mass is 15.3. The van der Waals surface area contributed by atoms with Crippen LogP contribution in [0.1, 0.15) is 43.9 Å². The summed E-state index contributed by atoms with van der Waals surface area (Å²) in [4.78, 5) is 2.73. The molecule has 2 aliphatic rings. The van der Waals surface area contributed by atoms with E-state index >= 15 is 0 Å². The zero-order valence-electron chi connectivity index (χ0n) is 11.7. The average molecular weight is 244 g/mol. The van der Waals surface area contributed by atoms with Crippen LogP contribution in [-0.2, 0) is 6.42 Å². The van der Waals surface area contributed by atoms with Gasteiger partial charge in [0.25, 0.3) is 0 Å². The topological polar surface area (TPSA) is 15.3 Å². The lowest BCUT2D eigenvalue weighted by Gasteiger charge is -2.39. The van der Waals surface area contributed by atoms with Crippen molar-refractivity contribution in [1.29, 1.82) is 0 Å². The van der Waals surface area contributed by atoms with E-state index in [1.54, 1.807) is 0 Å². The SMILES string of the molecule is CNC1c2ccccc2CC1N1CCCC1(C)C. The van der Waals surface area contributed by atoms with Crippen LogP contribution in [0.3, 0.4) is 0 Å². The first kappa shape index (κ1) is 12.2. The van der Waals surface area contributed by atoms with E-state index in [9.17, 15) is 0 Å². The van der Waals surface area contributed by atoms with E-state index in [0.717, 1.165) is 0 Å². The van der Waals surface area contributed by atoms with E-state index in [4.69, 9.17) is 0 Å². The van der Waals surface area contributed by atoms with Crippen molar-refractivity contribution >= 4 is 0 Å². The highest BCUT2D eigenvalue weighted by Crippen LogP contribution is 2.40. The number of nitrogens with zero attached hydrogens (tertiary/aromatic N) is 1. The first-order valence-corrected chi connectivity index (χ1v) is 7.15. The third-order valence-electron chi connectivity index (χ3n) is 4.88. The van der Waals surface area contributed by atoms with Crippen LogP contribution in [0, 0.1) is 0 Å². The van der Waals surface area contributed by atoms with Gasteiger partial charge in [-0.2, -0.15) is 0 Å². The number of likely N-dealkylation sites (N-methyl/N-ethyl adjacent to an activating group) is 1. The van der Waals surface area contributed by atoms with E-state index in [2.05, 4.69) is 55.4 Å². The van der Waals surface area contributed by atoms with Crippen LogP contribution < -0.4 is 5.32 Å². The lowest BCUT2D eigenvalue weighted by molar-refractivity contribution is 0.0979. The molecule has 1 aliphatic carbocycles. The summed E-state index contributed by atoms with van der Waals surface area (Å²) in [6.07, 6.45) is 3.87. The standard InChI is InChI=1S/C16H24N2/c1-16(2)9-6-10-18(16)14-11-12-7-4-5-8-13(12)15(14)17-3/h4-5,7-8,14-15,17H,6,9-11H2,1-3H3. The molecule has 1 saturated heterocycles. The van der Waals surface area contributed by atoms with Gasteiger partial charge in [-0.05, 0) is 57.8 Å². The van der Waals surface area contributed by atoms with Crippen LogP contribution in [0.15, 0.2) is 24.3 Å². The van der Waals surface area contributed by atoms with Gasteiger partial charge in [-0.1, -0.05) is 24.3 Å². The molecule has 1 aliphatic heterocycles. The smallest absolute Gasteiger partial charge is 0.0481 e. The van der Waals surface area contributed by atoms with E-state index < -0.39 is 0 Å². The van der Waals surface area contributed by atoms with Gasteiger partial charge < -0.3 is 5.32 Å². The minimum atomic E-state index is 0.363. The van der Waals surface area contributed by atoms with Crippen molar-refractivity contribution in [3.63, 3.8) is 0 Å². The Labute approximate surface area is 110 Å². The molecular weight excluding hydrogens is 220 g/mol. The predicted molar refractivity (Wildman–Crippen MR) is 75.8 cm³/mol. The Morgan fingerprint density at radius 3 is 2.72 bits per heavy atom. The minimum Gasteiger partial charge on any atom is -0.312 e. The van der Waals surface area contributed by atoms with Gasteiger partial charge in [-0.25, -0.2) is 0 Å². The third-order valence-corrected chi connectivity index (χ3v) is 4.88. The molecule has 2 unspecified atom stereocenters. The summed E-state index contributed by atoms with van der Waals surface area (Å²) in [5, 5.41) is 3.54. The maximum atomic E-state index is 3.54. The van der Waals surface area contributed by atoms with Crippen molar-refractivity contribution < 1.29 is 0 Å². The number of rotatable bonds is 2. The Morgan fingerprint density at radius 1 is 1.28 bits per heavy atom. The summed E-state index contributed by atoms with van der Waals surface area (Å²) in [6.45, 7) is 6.05. The van der Waals surface area contributed by atoms with Crippen LogP contribution in [0.5, 0.6) is 0 Å². The second kappa shape index (κ2) is 4.36. The molecular formula is C16H24N2. The number of hydrogen-bond acceptors (Lipinski definition) is 2. The minimum absolute atomic E-state index is 0.363. The molecule has 0 spiro atoms. The summed E-state index contributed by atoms with van der Waals surface area (Å²) in [7, 11) is 2.10. The van der Waals surface area contributed by atoms with Crippen LogP contribution in [0.25, 0.3) is 0 Å². The van der Waals surface area contributed by atoms with Crippen molar-refractivity contribution in [3.05, 3.63) is 35.4 Å². The Hall–Kier alpha value is -0.860. The van der Waals surface area contributed by atoms with E-state index in [1.165, 1.54) is 36.9 Å². The van der Waals surface area contributed by atoms with Gasteiger partial charge in [0.1, 0.15) is 0 Å². The molecule has 3 rings (SSSR count). The monoisotopic (exact) mass is 244 g/mol. The molecule has 1 aromatic carbocycles. The number of benzene rings is 1. The first-order valence-electron chi connectivity index (χ1n) is 7.15. The lowest BCUT2D eigenvalue weighted by Crippen LogP contribution is -2.49. The zero-order valence-corrected chi connectivity index (χ0v) is 11.7. The number of fused-ring (bicyclic) bond motifs is 1. The van der Waals surface area contributed by atoms with Gasteiger partial charge in [0.2, 0.25) is 0 Å². The van der Waals surface area contributed by atoms with E-state index in [1.807, 2.05) is 0 Å². The number of likely N-dealkylation sites (tertiary alicyclic amines) is 1. The highest BCUT2D eigenvalue weighted by Gasteiger charge is 2.43. The summed E-state index contributed by atoms with van der Waals surface area (Å²) in [6, 6.07) is 10.1. The fourth-order valence-corrected chi connectivity index (χ4v) is 3.95. The molecule has 2 heteroatoms. The van der Waals surface area contributed by atoms with Crippen molar-refractivity contribution in [3.8, 4) is 0 Å². The van der Waals surface area contributed by atoms with E-state index in [-0.39, 0.29) is 0 Å².